The third-order valence-electron chi connectivity index (χ3n) is 5.60. The largest absolute Gasteiger partial charge is 0.474 e. The number of aromatic nitrogens is 2. The van der Waals surface area contributed by atoms with Gasteiger partial charge in [-0.25, -0.2) is 9.97 Å². The summed E-state index contributed by atoms with van der Waals surface area (Å²) in [6.07, 6.45) is 6.81. The topological polar surface area (TPSA) is 75.6 Å². The third kappa shape index (κ3) is 5.20. The number of hydrogen-bond donors (Lipinski definition) is 0. The predicted molar refractivity (Wildman–Crippen MR) is 125 cm³/mol. The molecular weight excluding hydrogens is 432 g/mol. The highest BCUT2D eigenvalue weighted by Crippen LogP contribution is 2.35. The lowest BCUT2D eigenvalue weighted by molar-refractivity contribution is 0.115. The number of fused-ring (bicyclic) bond motifs is 1. The first-order valence-electron chi connectivity index (χ1n) is 10.7. The zero-order chi connectivity index (χ0) is 21.8. The van der Waals surface area contributed by atoms with Gasteiger partial charge in [0.2, 0.25) is 5.88 Å². The van der Waals surface area contributed by atoms with Crippen molar-refractivity contribution in [2.75, 3.05) is 36.5 Å². The number of nitrogens with zero attached hydrogens (tertiary/aromatic N) is 4. The van der Waals surface area contributed by atoms with Crippen molar-refractivity contribution >= 4 is 39.3 Å². The van der Waals surface area contributed by atoms with Crippen LogP contribution in [0.5, 0.6) is 5.88 Å². The Balaban J connectivity index is 1.38. The van der Waals surface area contributed by atoms with Crippen molar-refractivity contribution in [3.05, 3.63) is 36.2 Å². The Labute approximate surface area is 190 Å². The molecule has 1 amide bonds. The molecule has 7 nitrogen and oxygen atoms in total. The van der Waals surface area contributed by atoms with E-state index in [2.05, 4.69) is 21.8 Å². The minimum atomic E-state index is -0.983. The molecule has 2 aliphatic heterocycles. The van der Waals surface area contributed by atoms with E-state index in [1.54, 1.807) is 6.26 Å². The molecule has 4 rings (SSSR count). The smallest absolute Gasteiger partial charge is 0.281 e. The van der Waals surface area contributed by atoms with E-state index in [0.717, 1.165) is 67.5 Å². The second kappa shape index (κ2) is 9.99. The monoisotopic (exact) mass is 460 g/mol. The number of thioether (sulfide) groups is 1. The van der Waals surface area contributed by atoms with E-state index >= 15 is 0 Å². The first kappa shape index (κ1) is 22.1. The minimum Gasteiger partial charge on any atom is -0.474 e. The number of benzene rings is 1. The first-order chi connectivity index (χ1) is 15.0. The molecule has 1 fully saturated rings. The van der Waals surface area contributed by atoms with Gasteiger partial charge in [0.1, 0.15) is 18.2 Å². The molecule has 0 radical (unpaired) electrons. The van der Waals surface area contributed by atoms with Crippen LogP contribution >= 0.6 is 11.8 Å². The zero-order valence-corrected chi connectivity index (χ0v) is 19.6. The summed E-state index contributed by atoms with van der Waals surface area (Å²) >= 11 is 1.40. The fourth-order valence-electron chi connectivity index (χ4n) is 3.94. The van der Waals surface area contributed by atoms with Crippen LogP contribution < -0.4 is 9.64 Å². The standard InChI is InChI=1S/C22H28N4O3S2/c1-3-12-30-22(27)25-9-7-17(8-10-25)29-21-14-20(23-15-24-21)26-11-6-16-13-18(31(2)28)4-5-19(16)26/h4-5,13-15,17H,3,6-12H2,1-2H3. The van der Waals surface area contributed by atoms with E-state index in [9.17, 15) is 9.00 Å². The predicted octanol–water partition coefficient (Wildman–Crippen LogP) is 4.01. The number of rotatable bonds is 6. The Morgan fingerprint density at radius 2 is 2.03 bits per heavy atom. The SMILES string of the molecule is CCCSC(=O)N1CCC(Oc2cc(N3CCc4cc(S(C)=O)ccc43)ncn2)CC1. The molecule has 9 heteroatoms. The summed E-state index contributed by atoms with van der Waals surface area (Å²) in [6.45, 7) is 4.35. The molecule has 1 saturated heterocycles. The van der Waals surface area contributed by atoms with Crippen LogP contribution in [-0.4, -0.2) is 62.1 Å². The first-order valence-corrected chi connectivity index (χ1v) is 13.2. The summed E-state index contributed by atoms with van der Waals surface area (Å²) in [5, 5.41) is 0.174. The molecule has 0 saturated carbocycles. The maximum Gasteiger partial charge on any atom is 0.281 e. The van der Waals surface area contributed by atoms with E-state index in [1.807, 2.05) is 29.2 Å². The van der Waals surface area contributed by atoms with Gasteiger partial charge in [0, 0.05) is 71.9 Å². The lowest BCUT2D eigenvalue weighted by atomic mass is 10.1. The van der Waals surface area contributed by atoms with Gasteiger partial charge in [0.05, 0.1) is 0 Å². The van der Waals surface area contributed by atoms with Crippen LogP contribution in [0.3, 0.4) is 0 Å². The Kier molecular flexibility index (Phi) is 7.12. The molecule has 0 aliphatic carbocycles. The highest BCUT2D eigenvalue weighted by molar-refractivity contribution is 8.13. The van der Waals surface area contributed by atoms with Crippen molar-refractivity contribution in [2.45, 2.75) is 43.6 Å². The molecular formula is C22H28N4O3S2. The normalized spacial score (nSPS) is 17.5. The van der Waals surface area contributed by atoms with Crippen molar-refractivity contribution in [2.24, 2.45) is 0 Å². The summed E-state index contributed by atoms with van der Waals surface area (Å²) in [6, 6.07) is 7.85. The number of carbonyl (C=O) groups is 1. The average molecular weight is 461 g/mol. The highest BCUT2D eigenvalue weighted by Gasteiger charge is 2.26. The molecule has 1 unspecified atom stereocenters. The summed E-state index contributed by atoms with van der Waals surface area (Å²) in [4.78, 5) is 25.9. The Bertz CT molecular complexity index is 964. The van der Waals surface area contributed by atoms with Gasteiger partial charge in [-0.2, -0.15) is 0 Å². The molecule has 0 bridgehead atoms. The summed E-state index contributed by atoms with van der Waals surface area (Å²) in [7, 11) is -0.983. The Morgan fingerprint density at radius 1 is 1.23 bits per heavy atom. The van der Waals surface area contributed by atoms with Crippen LogP contribution in [0.25, 0.3) is 0 Å². The van der Waals surface area contributed by atoms with Gasteiger partial charge in [-0.15, -0.1) is 0 Å². The van der Waals surface area contributed by atoms with Crippen LogP contribution in [0.4, 0.5) is 16.3 Å². The van der Waals surface area contributed by atoms with Gasteiger partial charge in [-0.3, -0.25) is 9.00 Å². The average Bonchev–Trinajstić information content (AvgIpc) is 3.21. The van der Waals surface area contributed by atoms with Gasteiger partial charge < -0.3 is 14.5 Å². The number of piperidine rings is 1. The number of likely N-dealkylation sites (tertiary alicyclic amines) is 1. The molecule has 31 heavy (non-hydrogen) atoms. The van der Waals surface area contributed by atoms with Crippen molar-refractivity contribution in [1.82, 2.24) is 14.9 Å². The van der Waals surface area contributed by atoms with E-state index < -0.39 is 10.8 Å². The number of anilines is 2. The fourth-order valence-corrected chi connectivity index (χ4v) is 5.26. The third-order valence-corrected chi connectivity index (χ3v) is 7.64. The van der Waals surface area contributed by atoms with Gasteiger partial charge in [0.15, 0.2) is 0 Å². The van der Waals surface area contributed by atoms with Crippen LogP contribution in [0, 0.1) is 0 Å². The molecule has 3 heterocycles. The van der Waals surface area contributed by atoms with E-state index in [-0.39, 0.29) is 11.3 Å². The number of carbonyl (C=O) groups excluding carboxylic acids is 1. The summed E-state index contributed by atoms with van der Waals surface area (Å²) < 4.78 is 17.9. The molecule has 0 N–H and O–H groups in total. The maximum atomic E-state index is 12.2. The minimum absolute atomic E-state index is 0.0518. The molecule has 0 spiro atoms. The molecule has 1 atom stereocenters. The van der Waals surface area contributed by atoms with Crippen molar-refractivity contribution in [3.63, 3.8) is 0 Å². The summed E-state index contributed by atoms with van der Waals surface area (Å²) in [5.41, 5.74) is 2.28. The molecule has 166 valence electrons. The van der Waals surface area contributed by atoms with Crippen LogP contribution in [0.2, 0.25) is 0 Å². The van der Waals surface area contributed by atoms with Gasteiger partial charge in [0.25, 0.3) is 5.24 Å². The van der Waals surface area contributed by atoms with Crippen LogP contribution in [-0.2, 0) is 17.2 Å². The second-order valence-electron chi connectivity index (χ2n) is 7.78. The van der Waals surface area contributed by atoms with Gasteiger partial charge in [-0.1, -0.05) is 18.7 Å². The molecule has 2 aromatic rings. The van der Waals surface area contributed by atoms with E-state index in [4.69, 9.17) is 4.74 Å². The second-order valence-corrected chi connectivity index (χ2v) is 10.2. The van der Waals surface area contributed by atoms with E-state index in [0.29, 0.717) is 5.88 Å². The van der Waals surface area contributed by atoms with Crippen molar-refractivity contribution < 1.29 is 13.7 Å². The Morgan fingerprint density at radius 3 is 2.77 bits per heavy atom. The van der Waals surface area contributed by atoms with Crippen LogP contribution in [0.1, 0.15) is 31.7 Å². The number of amides is 1. The molecule has 1 aromatic carbocycles. The fraction of sp³-hybridized carbons (Fsp3) is 0.500. The lowest BCUT2D eigenvalue weighted by Gasteiger charge is -2.31. The van der Waals surface area contributed by atoms with Gasteiger partial charge >= 0.3 is 0 Å². The summed E-state index contributed by atoms with van der Waals surface area (Å²) in [5.74, 6) is 2.24. The molecule has 2 aliphatic rings. The Hall–Kier alpha value is -2.13. The van der Waals surface area contributed by atoms with Crippen molar-refractivity contribution in [3.8, 4) is 5.88 Å². The van der Waals surface area contributed by atoms with E-state index in [1.165, 1.54) is 23.7 Å². The lowest BCUT2D eigenvalue weighted by Crippen LogP contribution is -2.40. The number of ether oxygens (including phenoxy) is 1. The van der Waals surface area contributed by atoms with Gasteiger partial charge in [-0.05, 0) is 36.6 Å². The zero-order valence-electron chi connectivity index (χ0n) is 18.0. The quantitative estimate of drug-likeness (QED) is 0.645. The molecule has 1 aromatic heterocycles. The van der Waals surface area contributed by atoms with Crippen LogP contribution in [0.15, 0.2) is 35.5 Å². The highest BCUT2D eigenvalue weighted by atomic mass is 32.2. The van der Waals surface area contributed by atoms with Crippen molar-refractivity contribution in [1.29, 1.82) is 0 Å². The maximum absolute atomic E-state index is 12.2. The number of hydrogen-bond acceptors (Lipinski definition) is 7.